The van der Waals surface area contributed by atoms with Crippen LogP contribution in [0.2, 0.25) is 0 Å². The van der Waals surface area contributed by atoms with E-state index in [4.69, 9.17) is 5.11 Å². The Morgan fingerprint density at radius 1 is 1.62 bits per heavy atom. The van der Waals surface area contributed by atoms with Crippen molar-refractivity contribution in [2.75, 3.05) is 20.1 Å². The molecule has 1 unspecified atom stereocenters. The van der Waals surface area contributed by atoms with E-state index < -0.39 is 5.97 Å². The molecule has 5 heteroatoms. The zero-order valence-electron chi connectivity index (χ0n) is 9.56. The van der Waals surface area contributed by atoms with Crippen LogP contribution in [-0.2, 0) is 0 Å². The lowest BCUT2D eigenvalue weighted by Gasteiger charge is -2.28. The van der Waals surface area contributed by atoms with Gasteiger partial charge in [-0.25, -0.2) is 9.78 Å². The highest BCUT2D eigenvalue weighted by Crippen LogP contribution is 2.31. The molecule has 0 radical (unpaired) electrons. The number of hydrogen-bond donors (Lipinski definition) is 1. The van der Waals surface area contributed by atoms with Gasteiger partial charge < -0.3 is 10.0 Å². The molecule has 0 bridgehead atoms. The molecule has 1 aromatic rings. The maximum atomic E-state index is 11.1. The molecule has 0 aliphatic carbocycles. The number of piperidine rings is 1. The third-order valence-electron chi connectivity index (χ3n) is 2.97. The van der Waals surface area contributed by atoms with Crippen LogP contribution in [0.4, 0.5) is 0 Å². The number of likely N-dealkylation sites (N-methyl/N-ethyl adjacent to an activating group) is 1. The molecular formula is C11H16N2O2S. The number of aryl methyl sites for hydroxylation is 1. The number of likely N-dealkylation sites (tertiary alicyclic amines) is 1. The highest BCUT2D eigenvalue weighted by Gasteiger charge is 2.26. The summed E-state index contributed by atoms with van der Waals surface area (Å²) in [5.41, 5.74) is 0.793. The molecule has 1 aliphatic rings. The monoisotopic (exact) mass is 240 g/mol. The van der Waals surface area contributed by atoms with Crippen molar-refractivity contribution in [2.24, 2.45) is 0 Å². The molecule has 0 aromatic carbocycles. The number of thiazole rings is 1. The standard InChI is InChI=1S/C11H16N2O2S/c1-7-12-9(10(16-7)11(14)15)8-4-3-5-13(2)6-8/h8H,3-6H2,1-2H3,(H,14,15). The Morgan fingerprint density at radius 2 is 2.38 bits per heavy atom. The van der Waals surface area contributed by atoms with E-state index >= 15 is 0 Å². The van der Waals surface area contributed by atoms with Crippen LogP contribution >= 0.6 is 11.3 Å². The average Bonchev–Trinajstić information content (AvgIpc) is 2.60. The van der Waals surface area contributed by atoms with E-state index in [0.717, 1.165) is 36.6 Å². The Balaban J connectivity index is 2.28. The third-order valence-corrected chi connectivity index (χ3v) is 3.94. The van der Waals surface area contributed by atoms with E-state index in [1.54, 1.807) is 0 Å². The molecule has 1 fully saturated rings. The largest absolute Gasteiger partial charge is 0.477 e. The molecule has 1 aromatic heterocycles. The topological polar surface area (TPSA) is 53.4 Å². The lowest BCUT2D eigenvalue weighted by molar-refractivity contribution is 0.0699. The number of carboxylic acid groups (broad SMARTS) is 1. The minimum Gasteiger partial charge on any atom is -0.477 e. The Labute approximate surface area is 98.9 Å². The third kappa shape index (κ3) is 2.25. The smallest absolute Gasteiger partial charge is 0.347 e. The van der Waals surface area contributed by atoms with Gasteiger partial charge in [0.25, 0.3) is 0 Å². The van der Waals surface area contributed by atoms with Crippen LogP contribution in [0, 0.1) is 6.92 Å². The molecule has 1 atom stereocenters. The predicted molar refractivity (Wildman–Crippen MR) is 63.3 cm³/mol. The first-order valence-electron chi connectivity index (χ1n) is 5.47. The first-order chi connectivity index (χ1) is 7.58. The predicted octanol–water partition coefficient (Wildman–Crippen LogP) is 1.96. The molecule has 0 saturated carbocycles. The van der Waals surface area contributed by atoms with Crippen molar-refractivity contribution in [3.8, 4) is 0 Å². The molecule has 2 rings (SSSR count). The van der Waals surface area contributed by atoms with E-state index in [1.165, 1.54) is 11.3 Å². The average molecular weight is 240 g/mol. The molecule has 1 saturated heterocycles. The minimum absolute atomic E-state index is 0.287. The van der Waals surface area contributed by atoms with Gasteiger partial charge in [0.1, 0.15) is 4.88 Å². The fourth-order valence-corrected chi connectivity index (χ4v) is 3.11. The van der Waals surface area contributed by atoms with Crippen molar-refractivity contribution in [1.82, 2.24) is 9.88 Å². The number of carbonyl (C=O) groups is 1. The first kappa shape index (κ1) is 11.5. The summed E-state index contributed by atoms with van der Waals surface area (Å²) < 4.78 is 0. The van der Waals surface area contributed by atoms with E-state index in [0.29, 0.717) is 4.88 Å². The SMILES string of the molecule is Cc1nc(C2CCCN(C)C2)c(C(=O)O)s1. The summed E-state index contributed by atoms with van der Waals surface area (Å²) in [6, 6.07) is 0. The molecule has 4 nitrogen and oxygen atoms in total. The van der Waals surface area contributed by atoms with Crippen molar-refractivity contribution < 1.29 is 9.90 Å². The Hall–Kier alpha value is -0.940. The summed E-state index contributed by atoms with van der Waals surface area (Å²) in [4.78, 5) is 18.2. The summed E-state index contributed by atoms with van der Waals surface area (Å²) in [6.07, 6.45) is 2.17. The lowest BCUT2D eigenvalue weighted by atomic mass is 9.94. The Kier molecular flexibility index (Phi) is 3.25. The molecule has 2 heterocycles. The molecule has 88 valence electrons. The van der Waals surface area contributed by atoms with Crippen LogP contribution in [0.15, 0.2) is 0 Å². The molecule has 1 aliphatic heterocycles. The van der Waals surface area contributed by atoms with Gasteiger partial charge in [0, 0.05) is 12.5 Å². The zero-order valence-corrected chi connectivity index (χ0v) is 10.4. The van der Waals surface area contributed by atoms with Gasteiger partial charge in [-0.2, -0.15) is 0 Å². The Morgan fingerprint density at radius 3 is 3.00 bits per heavy atom. The number of nitrogens with zero attached hydrogens (tertiary/aromatic N) is 2. The van der Waals surface area contributed by atoms with Crippen LogP contribution in [0.3, 0.4) is 0 Å². The summed E-state index contributed by atoms with van der Waals surface area (Å²) in [7, 11) is 2.08. The number of hydrogen-bond acceptors (Lipinski definition) is 4. The van der Waals surface area contributed by atoms with Crippen molar-refractivity contribution in [2.45, 2.75) is 25.7 Å². The second-order valence-electron chi connectivity index (χ2n) is 4.35. The van der Waals surface area contributed by atoms with Crippen LogP contribution < -0.4 is 0 Å². The van der Waals surface area contributed by atoms with Gasteiger partial charge in [-0.3, -0.25) is 0 Å². The first-order valence-corrected chi connectivity index (χ1v) is 6.28. The van der Waals surface area contributed by atoms with Gasteiger partial charge in [-0.15, -0.1) is 11.3 Å². The summed E-state index contributed by atoms with van der Waals surface area (Å²) in [5.74, 6) is -0.552. The Bertz CT molecular complexity index is 403. The van der Waals surface area contributed by atoms with E-state index in [1.807, 2.05) is 6.92 Å². The highest BCUT2D eigenvalue weighted by molar-refractivity contribution is 7.13. The molecular weight excluding hydrogens is 224 g/mol. The van der Waals surface area contributed by atoms with Crippen LogP contribution in [0.1, 0.15) is 39.1 Å². The van der Waals surface area contributed by atoms with E-state index in [2.05, 4.69) is 16.9 Å². The van der Waals surface area contributed by atoms with Gasteiger partial charge in [0.2, 0.25) is 0 Å². The van der Waals surface area contributed by atoms with Crippen molar-refractivity contribution in [1.29, 1.82) is 0 Å². The zero-order chi connectivity index (χ0) is 11.7. The molecule has 16 heavy (non-hydrogen) atoms. The summed E-state index contributed by atoms with van der Waals surface area (Å²) in [6.45, 7) is 3.89. The molecule has 0 amide bonds. The van der Waals surface area contributed by atoms with Crippen LogP contribution in [0.25, 0.3) is 0 Å². The number of aromatic nitrogens is 1. The van der Waals surface area contributed by atoms with Gasteiger partial charge in [-0.05, 0) is 33.4 Å². The maximum Gasteiger partial charge on any atom is 0.347 e. The van der Waals surface area contributed by atoms with Crippen molar-refractivity contribution in [3.63, 3.8) is 0 Å². The van der Waals surface area contributed by atoms with Gasteiger partial charge in [-0.1, -0.05) is 0 Å². The lowest BCUT2D eigenvalue weighted by Crippen LogP contribution is -2.31. The molecule has 0 spiro atoms. The van der Waals surface area contributed by atoms with Crippen molar-refractivity contribution in [3.05, 3.63) is 15.6 Å². The second-order valence-corrected chi connectivity index (χ2v) is 5.56. The summed E-state index contributed by atoms with van der Waals surface area (Å²) in [5, 5.41) is 9.98. The molecule has 1 N–H and O–H groups in total. The fourth-order valence-electron chi connectivity index (χ4n) is 2.26. The number of aromatic carboxylic acids is 1. The normalized spacial score (nSPS) is 22.2. The van der Waals surface area contributed by atoms with Crippen molar-refractivity contribution >= 4 is 17.3 Å². The minimum atomic E-state index is -0.839. The van der Waals surface area contributed by atoms with E-state index in [-0.39, 0.29) is 5.92 Å². The maximum absolute atomic E-state index is 11.1. The van der Waals surface area contributed by atoms with E-state index in [9.17, 15) is 4.79 Å². The van der Waals surface area contributed by atoms with Gasteiger partial charge in [0.15, 0.2) is 0 Å². The van der Waals surface area contributed by atoms with Gasteiger partial charge in [0.05, 0.1) is 10.7 Å². The second kappa shape index (κ2) is 4.51. The van der Waals surface area contributed by atoms with Crippen LogP contribution in [-0.4, -0.2) is 41.1 Å². The summed E-state index contributed by atoms with van der Waals surface area (Å²) >= 11 is 1.29. The van der Waals surface area contributed by atoms with Gasteiger partial charge >= 0.3 is 5.97 Å². The van der Waals surface area contributed by atoms with Crippen LogP contribution in [0.5, 0.6) is 0 Å². The number of carboxylic acids is 1. The highest BCUT2D eigenvalue weighted by atomic mass is 32.1. The number of rotatable bonds is 2. The quantitative estimate of drug-likeness (QED) is 0.858. The fraction of sp³-hybridized carbons (Fsp3) is 0.636.